The zero-order valence-electron chi connectivity index (χ0n) is 23.6. The summed E-state index contributed by atoms with van der Waals surface area (Å²) in [7, 11) is 1.60. The van der Waals surface area contributed by atoms with E-state index in [2.05, 4.69) is 41.2 Å². The Kier molecular flexibility index (Phi) is 10.7. The Morgan fingerprint density at radius 3 is 2.59 bits per heavy atom. The van der Waals surface area contributed by atoms with Crippen molar-refractivity contribution in [1.82, 2.24) is 20.5 Å². The number of benzene rings is 1. The molecule has 1 saturated heterocycles. The molecule has 4 rings (SSSR count). The molecule has 1 aliphatic carbocycles. The largest absolute Gasteiger partial charge is 0.359 e. The quantitative estimate of drug-likeness (QED) is 0.328. The molecule has 2 fully saturated rings. The van der Waals surface area contributed by atoms with Crippen LogP contribution >= 0.6 is 11.3 Å². The topological polar surface area (TPSA) is 91.4 Å². The summed E-state index contributed by atoms with van der Waals surface area (Å²) in [5.74, 6) is -0.324. The lowest BCUT2D eigenvalue weighted by Gasteiger charge is -2.27. The van der Waals surface area contributed by atoms with Crippen molar-refractivity contribution in [3.63, 3.8) is 0 Å². The molecule has 1 aromatic heterocycles. The molecule has 0 spiro atoms. The van der Waals surface area contributed by atoms with E-state index in [9.17, 15) is 14.4 Å². The van der Waals surface area contributed by atoms with Gasteiger partial charge < -0.3 is 10.6 Å². The maximum Gasteiger partial charge on any atom is 0.224 e. The molecule has 2 aliphatic rings. The van der Waals surface area contributed by atoms with Crippen molar-refractivity contribution in [3.8, 4) is 0 Å². The molecule has 1 aromatic carbocycles. The molecule has 2 N–H and O–H groups in total. The summed E-state index contributed by atoms with van der Waals surface area (Å²) >= 11 is 1.60. The number of thiazole rings is 1. The fourth-order valence-electron chi connectivity index (χ4n) is 5.97. The first-order chi connectivity index (χ1) is 18.9. The van der Waals surface area contributed by atoms with E-state index in [1.807, 2.05) is 6.07 Å². The molecule has 0 radical (unpaired) electrons. The van der Waals surface area contributed by atoms with Gasteiger partial charge in [0, 0.05) is 44.5 Å². The summed E-state index contributed by atoms with van der Waals surface area (Å²) in [5.41, 5.74) is 2.87. The van der Waals surface area contributed by atoms with Crippen molar-refractivity contribution in [1.29, 1.82) is 0 Å². The van der Waals surface area contributed by atoms with Crippen LogP contribution in [-0.2, 0) is 27.2 Å². The van der Waals surface area contributed by atoms with E-state index in [-0.39, 0.29) is 30.1 Å². The number of hydrogen-bond acceptors (Lipinski definition) is 6. The first-order valence-electron chi connectivity index (χ1n) is 14.7. The second-order valence-corrected chi connectivity index (χ2v) is 12.4. The van der Waals surface area contributed by atoms with Crippen LogP contribution < -0.4 is 10.6 Å². The SMILES string of the molecule is C=C(CN1CCCC1)C(=O)CC[C@@H](NC(=O)[C@@H](CC(=O)NC)Cc1nc2ccc(CC)cc2s1)C1CCCC1. The van der Waals surface area contributed by atoms with Gasteiger partial charge >= 0.3 is 0 Å². The molecule has 8 heteroatoms. The molecule has 39 heavy (non-hydrogen) atoms. The van der Waals surface area contributed by atoms with Gasteiger partial charge in [-0.25, -0.2) is 4.98 Å². The summed E-state index contributed by atoms with van der Waals surface area (Å²) in [6, 6.07) is 6.22. The zero-order valence-corrected chi connectivity index (χ0v) is 24.4. The van der Waals surface area contributed by atoms with E-state index in [0.717, 1.165) is 60.4 Å². The molecule has 2 atom stereocenters. The predicted octanol–water partition coefficient (Wildman–Crippen LogP) is 4.83. The van der Waals surface area contributed by atoms with Crippen molar-refractivity contribution < 1.29 is 14.4 Å². The number of carbonyl (C=O) groups is 3. The first kappa shape index (κ1) is 29.4. The number of likely N-dealkylation sites (tertiary alicyclic amines) is 1. The third-order valence-corrected chi connectivity index (χ3v) is 9.43. The van der Waals surface area contributed by atoms with Gasteiger partial charge in [0.1, 0.15) is 0 Å². The van der Waals surface area contributed by atoms with Crippen molar-refractivity contribution in [2.75, 3.05) is 26.7 Å². The van der Waals surface area contributed by atoms with Crippen LogP contribution in [0.2, 0.25) is 0 Å². The van der Waals surface area contributed by atoms with Crippen LogP contribution in [0.25, 0.3) is 10.2 Å². The number of rotatable bonds is 14. The zero-order chi connectivity index (χ0) is 27.8. The minimum atomic E-state index is -0.513. The predicted molar refractivity (Wildman–Crippen MR) is 158 cm³/mol. The lowest BCUT2D eigenvalue weighted by atomic mass is 9.91. The molecule has 0 bridgehead atoms. The van der Waals surface area contributed by atoms with E-state index in [1.54, 1.807) is 18.4 Å². The third kappa shape index (κ3) is 8.21. The van der Waals surface area contributed by atoms with Gasteiger partial charge in [-0.15, -0.1) is 11.3 Å². The van der Waals surface area contributed by atoms with Gasteiger partial charge in [-0.2, -0.15) is 0 Å². The molecule has 212 valence electrons. The molecule has 2 aromatic rings. The van der Waals surface area contributed by atoms with Gasteiger partial charge in [0.15, 0.2) is 5.78 Å². The summed E-state index contributed by atoms with van der Waals surface area (Å²) < 4.78 is 1.11. The van der Waals surface area contributed by atoms with Crippen LogP contribution in [-0.4, -0.2) is 60.2 Å². The van der Waals surface area contributed by atoms with Gasteiger partial charge in [-0.05, 0) is 75.2 Å². The normalized spacial score (nSPS) is 17.8. The molecule has 1 aliphatic heterocycles. The Morgan fingerprint density at radius 1 is 1.15 bits per heavy atom. The highest BCUT2D eigenvalue weighted by molar-refractivity contribution is 7.18. The standard InChI is InChI=1S/C31H44N4O3S/c1-4-22-11-12-26-28(17-22)39-30(33-26)19-24(18-29(37)32-3)31(38)34-25(23-9-5-6-10-23)13-14-27(36)21(2)20-35-15-7-8-16-35/h11-12,17,23-25H,2,4-10,13-16,18-20H2,1,3H3,(H,32,37)(H,34,38)/t24-,25+/m0/s1. The fraction of sp³-hybridized carbons (Fsp3) is 0.613. The number of nitrogens with zero attached hydrogens (tertiary/aromatic N) is 2. The second-order valence-electron chi connectivity index (χ2n) is 11.2. The molecule has 0 unspecified atom stereocenters. The Hall–Kier alpha value is -2.58. The van der Waals surface area contributed by atoms with Gasteiger partial charge in [-0.1, -0.05) is 32.4 Å². The van der Waals surface area contributed by atoms with Gasteiger partial charge in [0.2, 0.25) is 11.8 Å². The second kappa shape index (κ2) is 14.2. The van der Waals surface area contributed by atoms with Crippen molar-refractivity contribution in [2.24, 2.45) is 11.8 Å². The molecule has 1 saturated carbocycles. The molecule has 7 nitrogen and oxygen atoms in total. The highest BCUT2D eigenvalue weighted by Gasteiger charge is 2.31. The lowest BCUT2D eigenvalue weighted by Crippen LogP contribution is -2.44. The Labute approximate surface area is 236 Å². The summed E-state index contributed by atoms with van der Waals surface area (Å²) in [6.45, 7) is 8.92. The Balaban J connectivity index is 1.42. The van der Waals surface area contributed by atoms with Crippen LogP contribution in [0.4, 0.5) is 0 Å². The number of ketones is 1. The number of aryl methyl sites for hydroxylation is 1. The molecular formula is C31H44N4O3S. The van der Waals surface area contributed by atoms with Crippen molar-refractivity contribution in [3.05, 3.63) is 40.9 Å². The number of nitrogens with one attached hydrogen (secondary N) is 2. The number of amides is 2. The number of carbonyl (C=O) groups excluding carboxylic acids is 3. The van der Waals surface area contributed by atoms with Crippen molar-refractivity contribution in [2.45, 2.75) is 83.6 Å². The van der Waals surface area contributed by atoms with Crippen molar-refractivity contribution >= 4 is 39.2 Å². The number of aromatic nitrogens is 1. The third-order valence-electron chi connectivity index (χ3n) is 8.39. The van der Waals surface area contributed by atoms with Crippen LogP contribution in [0, 0.1) is 11.8 Å². The Bertz CT molecular complexity index is 1160. The van der Waals surface area contributed by atoms with Crippen LogP contribution in [0.1, 0.15) is 75.3 Å². The summed E-state index contributed by atoms with van der Waals surface area (Å²) in [6.07, 6.45) is 9.30. The van der Waals surface area contributed by atoms with E-state index < -0.39 is 5.92 Å². The van der Waals surface area contributed by atoms with Gasteiger partial charge in [0.25, 0.3) is 0 Å². The minimum absolute atomic E-state index is 0.0711. The first-order valence-corrected chi connectivity index (χ1v) is 15.5. The van der Waals surface area contributed by atoms with Crippen LogP contribution in [0.15, 0.2) is 30.4 Å². The monoisotopic (exact) mass is 552 g/mol. The summed E-state index contributed by atoms with van der Waals surface area (Å²) in [5, 5.41) is 6.84. The summed E-state index contributed by atoms with van der Waals surface area (Å²) in [4.78, 5) is 46.0. The average molecular weight is 553 g/mol. The van der Waals surface area contributed by atoms with Gasteiger partial charge in [0.05, 0.1) is 21.1 Å². The lowest BCUT2D eigenvalue weighted by molar-refractivity contribution is -0.131. The Morgan fingerprint density at radius 2 is 1.90 bits per heavy atom. The van der Waals surface area contributed by atoms with Crippen LogP contribution in [0.5, 0.6) is 0 Å². The molecule has 2 heterocycles. The maximum atomic E-state index is 13.7. The highest BCUT2D eigenvalue weighted by atomic mass is 32.1. The number of hydrogen-bond donors (Lipinski definition) is 2. The minimum Gasteiger partial charge on any atom is -0.359 e. The van der Waals surface area contributed by atoms with E-state index in [1.165, 1.54) is 18.4 Å². The highest BCUT2D eigenvalue weighted by Crippen LogP contribution is 2.31. The van der Waals surface area contributed by atoms with E-state index in [4.69, 9.17) is 4.98 Å². The smallest absolute Gasteiger partial charge is 0.224 e. The van der Waals surface area contributed by atoms with E-state index in [0.29, 0.717) is 37.3 Å². The molecule has 2 amide bonds. The average Bonchev–Trinajstić information content (AvgIpc) is 3.72. The fourth-order valence-corrected chi connectivity index (χ4v) is 7.08. The van der Waals surface area contributed by atoms with Gasteiger partial charge in [-0.3, -0.25) is 19.3 Å². The number of Topliss-reactive ketones (excluding diaryl/α,β-unsaturated/α-hetero) is 1. The maximum absolute atomic E-state index is 13.7. The van der Waals surface area contributed by atoms with Crippen LogP contribution in [0.3, 0.4) is 0 Å². The molecular weight excluding hydrogens is 508 g/mol. The number of fused-ring (bicyclic) bond motifs is 1. The van der Waals surface area contributed by atoms with E-state index >= 15 is 0 Å².